The molecule has 36 heavy (non-hydrogen) atoms. The van der Waals surface area contributed by atoms with E-state index in [9.17, 15) is 9.59 Å². The van der Waals surface area contributed by atoms with E-state index in [-0.39, 0.29) is 31.4 Å². The molecular weight excluding hydrogens is 458 g/mol. The van der Waals surface area contributed by atoms with Crippen LogP contribution in [0.4, 0.5) is 0 Å². The summed E-state index contributed by atoms with van der Waals surface area (Å²) < 4.78 is 12.5. The van der Waals surface area contributed by atoms with Crippen molar-refractivity contribution < 1.29 is 18.4 Å². The number of nitrogens with one attached hydrogen (secondary N) is 1. The number of nitrogens with zero attached hydrogens (tertiary/aromatic N) is 4. The van der Waals surface area contributed by atoms with Gasteiger partial charge in [0.15, 0.2) is 6.04 Å². The summed E-state index contributed by atoms with van der Waals surface area (Å²) in [5.41, 5.74) is 3.41. The monoisotopic (exact) mass is 483 g/mol. The van der Waals surface area contributed by atoms with Gasteiger partial charge in [0.2, 0.25) is 5.91 Å². The Hall–Kier alpha value is -4.66. The molecule has 2 amide bonds. The number of hydrogen-bond donors (Lipinski definition) is 1. The maximum Gasteiger partial charge on any atom is 0.251 e. The quantitative estimate of drug-likeness (QED) is 0.340. The summed E-state index contributed by atoms with van der Waals surface area (Å²) in [6.45, 7) is 2.29. The molecule has 0 aliphatic heterocycles. The van der Waals surface area contributed by atoms with E-state index in [0.717, 1.165) is 16.6 Å². The summed E-state index contributed by atoms with van der Waals surface area (Å²) in [5.74, 6) is 0.272. The highest BCUT2D eigenvalue weighted by atomic mass is 16.3. The van der Waals surface area contributed by atoms with Gasteiger partial charge >= 0.3 is 0 Å². The minimum atomic E-state index is -1.00. The molecule has 0 aliphatic rings. The molecule has 0 radical (unpaired) electrons. The number of carbonyl (C=O) groups excluding carboxylic acids is 2. The summed E-state index contributed by atoms with van der Waals surface area (Å²) in [6.07, 6.45) is 3.03. The number of aryl methyl sites for hydroxylation is 1. The summed E-state index contributed by atoms with van der Waals surface area (Å²) in [7, 11) is 0. The molecule has 0 fully saturated rings. The van der Waals surface area contributed by atoms with Crippen molar-refractivity contribution in [1.82, 2.24) is 25.2 Å². The predicted octanol–water partition coefficient (Wildman–Crippen LogP) is 4.01. The number of rotatable bonds is 9. The lowest BCUT2D eigenvalue weighted by atomic mass is 10.1. The van der Waals surface area contributed by atoms with Crippen LogP contribution in [0, 0.1) is 6.92 Å². The minimum absolute atomic E-state index is 0.0882. The van der Waals surface area contributed by atoms with E-state index >= 15 is 0 Å². The van der Waals surface area contributed by atoms with E-state index in [1.54, 1.807) is 35.2 Å². The lowest BCUT2D eigenvalue weighted by Crippen LogP contribution is -2.44. The van der Waals surface area contributed by atoms with Gasteiger partial charge in [0.25, 0.3) is 5.91 Å². The highest BCUT2D eigenvalue weighted by Gasteiger charge is 2.34. The van der Waals surface area contributed by atoms with Gasteiger partial charge in [-0.25, -0.2) is 4.68 Å². The van der Waals surface area contributed by atoms with Crippen LogP contribution in [0.15, 0.2) is 94.2 Å². The number of furan rings is 2. The van der Waals surface area contributed by atoms with Gasteiger partial charge < -0.3 is 19.1 Å². The first-order valence-electron chi connectivity index (χ1n) is 11.6. The summed E-state index contributed by atoms with van der Waals surface area (Å²) >= 11 is 0. The van der Waals surface area contributed by atoms with Crippen LogP contribution in [0.1, 0.15) is 28.7 Å². The number of hydrogen-bond acceptors (Lipinski definition) is 6. The number of amides is 2. The molecule has 0 saturated carbocycles. The second kappa shape index (κ2) is 10.3. The molecule has 5 aromatic rings. The predicted molar refractivity (Wildman–Crippen MR) is 131 cm³/mol. The average Bonchev–Trinajstić information content (AvgIpc) is 3.67. The van der Waals surface area contributed by atoms with Crippen LogP contribution < -0.4 is 5.32 Å². The third-order valence-corrected chi connectivity index (χ3v) is 5.89. The van der Waals surface area contributed by atoms with Gasteiger partial charge in [0, 0.05) is 6.54 Å². The van der Waals surface area contributed by atoms with Gasteiger partial charge in [0.1, 0.15) is 23.6 Å². The molecule has 3 aromatic heterocycles. The first kappa shape index (κ1) is 23.1. The van der Waals surface area contributed by atoms with Crippen LogP contribution in [-0.4, -0.2) is 31.7 Å². The summed E-state index contributed by atoms with van der Waals surface area (Å²) in [5, 5.41) is 11.2. The van der Waals surface area contributed by atoms with Crippen molar-refractivity contribution in [3.8, 4) is 0 Å². The summed E-state index contributed by atoms with van der Waals surface area (Å²) in [6, 6.07) is 21.2. The molecule has 0 aliphatic carbocycles. The Bertz CT molecular complexity index is 1440. The Kier molecular flexibility index (Phi) is 6.61. The molecule has 0 spiro atoms. The van der Waals surface area contributed by atoms with Crippen LogP contribution >= 0.6 is 0 Å². The largest absolute Gasteiger partial charge is 0.467 e. The van der Waals surface area contributed by atoms with Crippen LogP contribution in [0.5, 0.6) is 0 Å². The number of para-hydroxylation sites is 1. The van der Waals surface area contributed by atoms with Crippen molar-refractivity contribution in [3.63, 3.8) is 0 Å². The molecule has 0 unspecified atom stereocenters. The normalized spacial score (nSPS) is 11.9. The zero-order valence-corrected chi connectivity index (χ0v) is 19.7. The highest BCUT2D eigenvalue weighted by Crippen LogP contribution is 2.25. The summed E-state index contributed by atoms with van der Waals surface area (Å²) in [4.78, 5) is 28.8. The fraction of sp³-hybridized carbons (Fsp3) is 0.185. The maximum atomic E-state index is 13.8. The molecule has 0 bridgehead atoms. The molecule has 3 heterocycles. The number of carbonyl (C=O) groups is 2. The highest BCUT2D eigenvalue weighted by molar-refractivity contribution is 5.88. The maximum absolute atomic E-state index is 13.8. The van der Waals surface area contributed by atoms with Crippen LogP contribution in [-0.2, 0) is 29.2 Å². The van der Waals surface area contributed by atoms with Crippen molar-refractivity contribution in [1.29, 1.82) is 0 Å². The third kappa shape index (κ3) is 5.05. The third-order valence-electron chi connectivity index (χ3n) is 5.89. The standard InChI is InChI=1S/C27H25N5O4/c1-19-10-12-20(13-11-19)17-31(25(33)18-32-23-8-3-2-7-22(23)29-30-32)26(24-9-5-15-36-24)27(34)28-16-21-6-4-14-35-21/h2-15,26H,16-18H2,1H3,(H,28,34)/t26-/m0/s1. The Labute approximate surface area is 207 Å². The molecular formula is C27H25N5O4. The average molecular weight is 484 g/mol. The molecule has 2 aromatic carbocycles. The number of aromatic nitrogens is 3. The number of benzene rings is 2. The van der Waals surface area contributed by atoms with Crippen LogP contribution in [0.2, 0.25) is 0 Å². The second-order valence-corrected chi connectivity index (χ2v) is 8.46. The van der Waals surface area contributed by atoms with Gasteiger partial charge in [-0.15, -0.1) is 5.10 Å². The lowest BCUT2D eigenvalue weighted by Gasteiger charge is -2.30. The van der Waals surface area contributed by atoms with Crippen molar-refractivity contribution in [2.24, 2.45) is 0 Å². The minimum Gasteiger partial charge on any atom is -0.467 e. The van der Waals surface area contributed by atoms with Gasteiger partial charge in [-0.05, 0) is 48.9 Å². The molecule has 182 valence electrons. The second-order valence-electron chi connectivity index (χ2n) is 8.46. The molecule has 0 saturated heterocycles. The zero-order chi connectivity index (χ0) is 24.9. The molecule has 1 atom stereocenters. The first-order valence-corrected chi connectivity index (χ1v) is 11.6. The Balaban J connectivity index is 1.47. The smallest absolute Gasteiger partial charge is 0.251 e. The van der Waals surface area contributed by atoms with Gasteiger partial charge in [0.05, 0.1) is 24.6 Å². The zero-order valence-electron chi connectivity index (χ0n) is 19.7. The molecule has 9 heteroatoms. The Morgan fingerprint density at radius 1 is 0.972 bits per heavy atom. The van der Waals surface area contributed by atoms with E-state index in [0.29, 0.717) is 17.0 Å². The van der Waals surface area contributed by atoms with Crippen molar-refractivity contribution in [3.05, 3.63) is 108 Å². The van der Waals surface area contributed by atoms with E-state index in [2.05, 4.69) is 15.6 Å². The van der Waals surface area contributed by atoms with Gasteiger partial charge in [-0.3, -0.25) is 9.59 Å². The van der Waals surface area contributed by atoms with Crippen molar-refractivity contribution >= 4 is 22.8 Å². The van der Waals surface area contributed by atoms with Crippen molar-refractivity contribution in [2.45, 2.75) is 32.6 Å². The molecule has 1 N–H and O–H groups in total. The van der Waals surface area contributed by atoms with E-state index in [1.807, 2.05) is 55.5 Å². The van der Waals surface area contributed by atoms with Crippen LogP contribution in [0.3, 0.4) is 0 Å². The van der Waals surface area contributed by atoms with E-state index < -0.39 is 6.04 Å². The first-order chi connectivity index (χ1) is 17.6. The molecule has 5 rings (SSSR count). The van der Waals surface area contributed by atoms with E-state index in [4.69, 9.17) is 8.83 Å². The SMILES string of the molecule is Cc1ccc(CN(C(=O)Cn2nnc3ccccc32)[C@H](C(=O)NCc2ccco2)c2ccco2)cc1. The van der Waals surface area contributed by atoms with Gasteiger partial charge in [-0.1, -0.05) is 47.2 Å². The topological polar surface area (TPSA) is 106 Å². The Morgan fingerprint density at radius 3 is 2.50 bits per heavy atom. The van der Waals surface area contributed by atoms with Gasteiger partial charge in [-0.2, -0.15) is 0 Å². The van der Waals surface area contributed by atoms with Crippen molar-refractivity contribution in [2.75, 3.05) is 0 Å². The number of fused-ring (bicyclic) bond motifs is 1. The van der Waals surface area contributed by atoms with E-state index in [1.165, 1.54) is 11.2 Å². The lowest BCUT2D eigenvalue weighted by molar-refractivity contribution is -0.143. The Morgan fingerprint density at radius 2 is 1.75 bits per heavy atom. The van der Waals surface area contributed by atoms with Crippen LogP contribution in [0.25, 0.3) is 11.0 Å². The molecule has 9 nitrogen and oxygen atoms in total. The fourth-order valence-electron chi connectivity index (χ4n) is 4.02. The fourth-order valence-corrected chi connectivity index (χ4v) is 4.02.